The summed E-state index contributed by atoms with van der Waals surface area (Å²) in [7, 11) is 0. The predicted octanol–water partition coefficient (Wildman–Crippen LogP) is 8.72. The monoisotopic (exact) mass is 767 g/mol. The second-order valence-electron chi connectivity index (χ2n) is 14.8. The van der Waals surface area contributed by atoms with Crippen molar-refractivity contribution < 1.29 is 49.0 Å². The molecular weight excluding hydrogens is 688 g/mol. The third kappa shape index (κ3) is 26.7. The number of esters is 2. The van der Waals surface area contributed by atoms with E-state index in [0.717, 1.165) is 57.8 Å². The summed E-state index contributed by atoms with van der Waals surface area (Å²) in [6.07, 6.45) is 31.6. The van der Waals surface area contributed by atoms with Crippen molar-refractivity contribution in [3.05, 3.63) is 36.5 Å². The number of aliphatic hydroxyl groups excluding tert-OH is 4. The fourth-order valence-corrected chi connectivity index (χ4v) is 6.28. The highest BCUT2D eigenvalue weighted by Gasteiger charge is 2.44. The Hall–Kier alpha value is -2.08. The number of carbonyl (C=O) groups excluding carboxylic acids is 2. The summed E-state index contributed by atoms with van der Waals surface area (Å²) in [5, 5.41) is 40.0. The zero-order valence-electron chi connectivity index (χ0n) is 34.0. The van der Waals surface area contributed by atoms with Crippen molar-refractivity contribution in [1.82, 2.24) is 0 Å². The highest BCUT2D eigenvalue weighted by molar-refractivity contribution is 5.70. The molecule has 0 aromatic heterocycles. The van der Waals surface area contributed by atoms with E-state index in [1.54, 1.807) is 0 Å². The molecule has 1 saturated heterocycles. The molecule has 1 aliphatic rings. The summed E-state index contributed by atoms with van der Waals surface area (Å²) >= 11 is 0. The van der Waals surface area contributed by atoms with Crippen LogP contribution < -0.4 is 0 Å². The van der Waals surface area contributed by atoms with Crippen LogP contribution in [-0.2, 0) is 28.5 Å². The molecule has 1 aliphatic heterocycles. The van der Waals surface area contributed by atoms with Crippen LogP contribution in [0.15, 0.2) is 36.5 Å². The molecule has 0 bridgehead atoms. The Kier molecular flexibility index (Phi) is 32.7. The lowest BCUT2D eigenvalue weighted by atomic mass is 9.99. The molecule has 0 aromatic carbocycles. The lowest BCUT2D eigenvalue weighted by Gasteiger charge is -2.39. The van der Waals surface area contributed by atoms with Crippen LogP contribution in [0.4, 0.5) is 0 Å². The topological polar surface area (TPSA) is 152 Å². The van der Waals surface area contributed by atoms with Gasteiger partial charge >= 0.3 is 11.9 Å². The highest BCUT2D eigenvalue weighted by atomic mass is 16.7. The van der Waals surface area contributed by atoms with E-state index in [0.29, 0.717) is 12.8 Å². The number of aliphatic hydroxyl groups is 4. The van der Waals surface area contributed by atoms with E-state index in [1.165, 1.54) is 77.0 Å². The highest BCUT2D eigenvalue weighted by Crippen LogP contribution is 2.22. The lowest BCUT2D eigenvalue weighted by Crippen LogP contribution is -2.59. The minimum absolute atomic E-state index is 0.144. The zero-order valence-corrected chi connectivity index (χ0v) is 34.0. The van der Waals surface area contributed by atoms with E-state index in [2.05, 4.69) is 44.2 Å². The van der Waals surface area contributed by atoms with Gasteiger partial charge in [-0.3, -0.25) is 9.59 Å². The fourth-order valence-electron chi connectivity index (χ4n) is 6.28. The molecule has 10 nitrogen and oxygen atoms in total. The average Bonchev–Trinajstić information content (AvgIpc) is 3.17. The van der Waals surface area contributed by atoms with Gasteiger partial charge in [0.25, 0.3) is 0 Å². The van der Waals surface area contributed by atoms with Crippen molar-refractivity contribution in [2.24, 2.45) is 0 Å². The molecule has 54 heavy (non-hydrogen) atoms. The quantitative estimate of drug-likeness (QED) is 0.0280. The van der Waals surface area contributed by atoms with Crippen LogP contribution in [0.2, 0.25) is 0 Å². The van der Waals surface area contributed by atoms with Crippen LogP contribution in [0.3, 0.4) is 0 Å². The molecule has 1 fully saturated rings. The van der Waals surface area contributed by atoms with Crippen molar-refractivity contribution in [1.29, 1.82) is 0 Å². The van der Waals surface area contributed by atoms with Gasteiger partial charge in [0.1, 0.15) is 31.0 Å². The maximum Gasteiger partial charge on any atom is 0.306 e. The Morgan fingerprint density at radius 2 is 1.09 bits per heavy atom. The molecule has 0 amide bonds. The zero-order chi connectivity index (χ0) is 39.5. The molecular formula is C44H78O10. The maximum absolute atomic E-state index is 12.7. The van der Waals surface area contributed by atoms with Crippen molar-refractivity contribution in [2.75, 3.05) is 19.8 Å². The van der Waals surface area contributed by atoms with Crippen LogP contribution in [0.5, 0.6) is 0 Å². The minimum Gasteiger partial charge on any atom is -0.462 e. The average molecular weight is 767 g/mol. The molecule has 0 saturated carbocycles. The van der Waals surface area contributed by atoms with E-state index >= 15 is 0 Å². The van der Waals surface area contributed by atoms with Crippen LogP contribution in [0.1, 0.15) is 174 Å². The second kappa shape index (κ2) is 35.3. The first-order chi connectivity index (χ1) is 26.3. The lowest BCUT2D eigenvalue weighted by molar-refractivity contribution is -0.305. The molecule has 10 heteroatoms. The van der Waals surface area contributed by atoms with Crippen LogP contribution in [0, 0.1) is 0 Å². The van der Waals surface area contributed by atoms with Gasteiger partial charge in [0.15, 0.2) is 12.4 Å². The maximum atomic E-state index is 12.7. The van der Waals surface area contributed by atoms with Gasteiger partial charge in [-0.25, -0.2) is 0 Å². The van der Waals surface area contributed by atoms with Crippen molar-refractivity contribution in [3.8, 4) is 0 Å². The van der Waals surface area contributed by atoms with Crippen LogP contribution in [0.25, 0.3) is 0 Å². The molecule has 0 aromatic rings. The number of hydrogen-bond acceptors (Lipinski definition) is 10. The number of ether oxygens (including phenoxy) is 4. The molecule has 0 radical (unpaired) electrons. The Bertz CT molecular complexity index is 980. The molecule has 4 N–H and O–H groups in total. The molecule has 0 spiro atoms. The number of allylic oxidation sites excluding steroid dienone is 6. The van der Waals surface area contributed by atoms with Gasteiger partial charge < -0.3 is 39.4 Å². The molecule has 1 rings (SSSR count). The summed E-state index contributed by atoms with van der Waals surface area (Å²) in [5.74, 6) is -0.879. The van der Waals surface area contributed by atoms with Crippen LogP contribution in [-0.4, -0.2) is 89.0 Å². The van der Waals surface area contributed by atoms with E-state index in [9.17, 15) is 30.0 Å². The van der Waals surface area contributed by atoms with Crippen molar-refractivity contribution in [2.45, 2.75) is 211 Å². The van der Waals surface area contributed by atoms with Gasteiger partial charge in [0.05, 0.1) is 13.2 Å². The SMILES string of the molecule is CCCC/C=C/C/C=C/CCCCCCCC(=O)OC[C@H](CO[C@@H]1O[C@H](CO)[C@H](O)C(O)C1O)OC(=O)CC/C=C/CCCCCCCCCCCCC. The van der Waals surface area contributed by atoms with Gasteiger partial charge in [0.2, 0.25) is 0 Å². The van der Waals surface area contributed by atoms with Crippen LogP contribution >= 0.6 is 0 Å². The molecule has 1 heterocycles. The van der Waals surface area contributed by atoms with E-state index in [-0.39, 0.29) is 26.1 Å². The largest absolute Gasteiger partial charge is 0.462 e. The number of carbonyl (C=O) groups is 2. The van der Waals surface area contributed by atoms with Gasteiger partial charge in [-0.05, 0) is 51.4 Å². The Morgan fingerprint density at radius 3 is 1.69 bits per heavy atom. The van der Waals surface area contributed by atoms with E-state index in [4.69, 9.17) is 18.9 Å². The van der Waals surface area contributed by atoms with E-state index < -0.39 is 55.4 Å². The van der Waals surface area contributed by atoms with E-state index in [1.807, 2.05) is 6.08 Å². The number of hydrogen-bond donors (Lipinski definition) is 4. The van der Waals surface area contributed by atoms with Gasteiger partial charge in [0, 0.05) is 12.8 Å². The smallest absolute Gasteiger partial charge is 0.306 e. The Balaban J connectivity index is 2.38. The Labute approximate surface area is 327 Å². The molecule has 6 atom stereocenters. The van der Waals surface area contributed by atoms with Crippen molar-refractivity contribution >= 4 is 11.9 Å². The summed E-state index contributed by atoms with van der Waals surface area (Å²) in [4.78, 5) is 25.2. The molecule has 2 unspecified atom stereocenters. The summed E-state index contributed by atoms with van der Waals surface area (Å²) < 4.78 is 22.1. The van der Waals surface area contributed by atoms with Gasteiger partial charge in [-0.15, -0.1) is 0 Å². The predicted molar refractivity (Wildman–Crippen MR) is 215 cm³/mol. The Morgan fingerprint density at radius 1 is 0.574 bits per heavy atom. The van der Waals surface area contributed by atoms with Gasteiger partial charge in [-0.1, -0.05) is 147 Å². The minimum atomic E-state index is -1.60. The molecule has 314 valence electrons. The first kappa shape index (κ1) is 49.9. The second-order valence-corrected chi connectivity index (χ2v) is 14.8. The standard InChI is InChI=1S/C44H78O10/c1-3-5-7-9-11-13-15-17-19-21-23-25-27-29-31-33-40(47)53-37(36-52-44-43(50)42(49)41(48)38(34-45)54-44)35-51-39(46)32-30-28-26-24-22-20-18-16-14-12-10-8-6-4-2/h10,12,16,18,27,29,37-38,41-45,48-50H,3-9,11,13-15,17,19-26,28,30-36H2,1-2H3/b12-10+,18-16+,29-27+/t37-,38-,41+,42?,43?,44-/m1/s1. The third-order valence-corrected chi connectivity index (χ3v) is 9.76. The third-order valence-electron chi connectivity index (χ3n) is 9.76. The summed E-state index contributed by atoms with van der Waals surface area (Å²) in [5.41, 5.74) is 0. The molecule has 0 aliphatic carbocycles. The van der Waals surface area contributed by atoms with Gasteiger partial charge in [-0.2, -0.15) is 0 Å². The summed E-state index contributed by atoms with van der Waals surface area (Å²) in [6, 6.07) is 0. The first-order valence-electron chi connectivity index (χ1n) is 21.6. The number of unbranched alkanes of at least 4 members (excludes halogenated alkanes) is 18. The van der Waals surface area contributed by atoms with Crippen molar-refractivity contribution in [3.63, 3.8) is 0 Å². The fraction of sp³-hybridized carbons (Fsp3) is 0.818. The first-order valence-corrected chi connectivity index (χ1v) is 21.6. The number of rotatable bonds is 35. The normalized spacial score (nSPS) is 21.0. The summed E-state index contributed by atoms with van der Waals surface area (Å²) in [6.45, 7) is 3.32.